The van der Waals surface area contributed by atoms with Gasteiger partial charge in [0, 0.05) is 29.0 Å². The molecule has 1 aromatic carbocycles. The summed E-state index contributed by atoms with van der Waals surface area (Å²) in [7, 11) is 1.63. The Hall–Kier alpha value is -3.62. The fraction of sp³-hybridized carbons (Fsp3) is 0.588. The summed E-state index contributed by atoms with van der Waals surface area (Å²) in [6.07, 6.45) is 6.90. The fourth-order valence-electron chi connectivity index (χ4n) is 6.90. The van der Waals surface area contributed by atoms with Gasteiger partial charge in [-0.25, -0.2) is 9.78 Å². The molecule has 1 saturated carbocycles. The number of allylic oxidation sites excluding steroid dienone is 1. The zero-order valence-corrected chi connectivity index (χ0v) is 25.9. The number of carbonyl (C=O) groups excluding carboxylic acids is 3. The number of pyridine rings is 1. The van der Waals surface area contributed by atoms with Gasteiger partial charge in [-0.2, -0.15) is 0 Å². The van der Waals surface area contributed by atoms with Gasteiger partial charge in [-0.05, 0) is 61.3 Å². The third kappa shape index (κ3) is 6.81. The first-order chi connectivity index (χ1) is 20.6. The summed E-state index contributed by atoms with van der Waals surface area (Å²) in [6, 6.07) is 5.00. The summed E-state index contributed by atoms with van der Waals surface area (Å²) < 4.78 is 23.5. The number of aromatic nitrogens is 1. The second-order valence-electron chi connectivity index (χ2n) is 12.9. The number of benzene rings is 1. The maximum absolute atomic E-state index is 14.3. The number of hydrogen-bond donors (Lipinski definition) is 0. The number of fused-ring (bicyclic) bond motifs is 3. The van der Waals surface area contributed by atoms with Crippen LogP contribution in [0.3, 0.4) is 0 Å². The maximum atomic E-state index is 14.3. The molecule has 0 N–H and O–H groups in total. The molecule has 2 aliphatic heterocycles. The van der Waals surface area contributed by atoms with Crippen LogP contribution in [0.25, 0.3) is 16.3 Å². The molecule has 0 spiro atoms. The topological polar surface area (TPSA) is 104 Å². The first kappa shape index (κ1) is 30.8. The van der Waals surface area contributed by atoms with Gasteiger partial charge in [0.2, 0.25) is 11.8 Å². The number of carbonyl (C=O) groups is 3. The van der Waals surface area contributed by atoms with Crippen LogP contribution in [0.5, 0.6) is 11.6 Å². The molecule has 232 valence electrons. The van der Waals surface area contributed by atoms with Gasteiger partial charge in [-0.3, -0.25) is 9.59 Å². The average molecular weight is 593 g/mol. The van der Waals surface area contributed by atoms with E-state index in [2.05, 4.69) is 11.6 Å². The van der Waals surface area contributed by atoms with Gasteiger partial charge >= 0.3 is 11.9 Å². The molecule has 1 aliphatic carbocycles. The Labute approximate surface area is 253 Å². The number of ether oxygens (including phenoxy) is 4. The van der Waals surface area contributed by atoms with E-state index in [0.29, 0.717) is 18.1 Å². The molecular weight excluding hydrogens is 548 g/mol. The number of methoxy groups -OCH3 is 1. The van der Waals surface area contributed by atoms with Crippen molar-refractivity contribution in [3.63, 3.8) is 0 Å². The zero-order valence-electron chi connectivity index (χ0n) is 25.9. The van der Waals surface area contributed by atoms with Crippen molar-refractivity contribution in [2.24, 2.45) is 17.3 Å². The summed E-state index contributed by atoms with van der Waals surface area (Å²) in [5.41, 5.74) is 1.24. The lowest BCUT2D eigenvalue weighted by atomic mass is 9.77. The number of esters is 2. The lowest BCUT2D eigenvalue weighted by Gasteiger charge is -2.33. The minimum absolute atomic E-state index is 0.0203. The monoisotopic (exact) mass is 592 g/mol. The van der Waals surface area contributed by atoms with E-state index < -0.39 is 35.4 Å². The van der Waals surface area contributed by atoms with Crippen molar-refractivity contribution in [2.45, 2.75) is 84.3 Å². The lowest BCUT2D eigenvalue weighted by molar-refractivity contribution is -0.157. The van der Waals surface area contributed by atoms with E-state index in [1.54, 1.807) is 25.1 Å². The normalized spacial score (nSPS) is 25.3. The molecule has 43 heavy (non-hydrogen) atoms. The smallest absolute Gasteiger partial charge is 0.328 e. The summed E-state index contributed by atoms with van der Waals surface area (Å²) in [6.45, 7) is 10.8. The second kappa shape index (κ2) is 12.9. The van der Waals surface area contributed by atoms with Crippen LogP contribution >= 0.6 is 0 Å². The molecular formula is C34H44N2O7. The highest BCUT2D eigenvalue weighted by molar-refractivity contribution is 5.92. The third-order valence-corrected chi connectivity index (χ3v) is 9.05. The fourth-order valence-corrected chi connectivity index (χ4v) is 6.90. The predicted molar refractivity (Wildman–Crippen MR) is 163 cm³/mol. The van der Waals surface area contributed by atoms with Crippen molar-refractivity contribution < 1.29 is 33.3 Å². The van der Waals surface area contributed by atoms with Crippen molar-refractivity contribution >= 4 is 34.2 Å². The summed E-state index contributed by atoms with van der Waals surface area (Å²) >= 11 is 0. The molecule has 9 nitrogen and oxygen atoms in total. The predicted octanol–water partition coefficient (Wildman–Crippen LogP) is 5.73. The second-order valence-corrected chi connectivity index (χ2v) is 12.9. The molecule has 2 fully saturated rings. The third-order valence-electron chi connectivity index (χ3n) is 9.05. The molecule has 9 heteroatoms. The molecule has 3 heterocycles. The highest BCUT2D eigenvalue weighted by Crippen LogP contribution is 2.40. The van der Waals surface area contributed by atoms with Crippen LogP contribution < -0.4 is 9.47 Å². The first-order valence-corrected chi connectivity index (χ1v) is 15.5. The summed E-state index contributed by atoms with van der Waals surface area (Å²) in [5, 5.41) is 1.67. The van der Waals surface area contributed by atoms with Crippen molar-refractivity contribution in [2.75, 3.05) is 26.9 Å². The van der Waals surface area contributed by atoms with E-state index in [-0.39, 0.29) is 44.4 Å². The van der Waals surface area contributed by atoms with E-state index in [1.165, 1.54) is 0 Å². The van der Waals surface area contributed by atoms with Crippen molar-refractivity contribution in [1.82, 2.24) is 9.88 Å². The Balaban J connectivity index is 1.57. The number of rotatable bonds is 4. The molecule has 1 amide bonds. The van der Waals surface area contributed by atoms with Crippen LogP contribution in [0, 0.1) is 17.3 Å². The lowest BCUT2D eigenvalue weighted by Crippen LogP contribution is -2.47. The highest BCUT2D eigenvalue weighted by atomic mass is 16.5. The quantitative estimate of drug-likeness (QED) is 0.415. The Morgan fingerprint density at radius 1 is 1.19 bits per heavy atom. The number of hydrogen-bond acceptors (Lipinski definition) is 8. The van der Waals surface area contributed by atoms with Crippen LogP contribution in [-0.2, 0) is 23.9 Å². The minimum atomic E-state index is -0.803. The van der Waals surface area contributed by atoms with E-state index >= 15 is 0 Å². The maximum Gasteiger partial charge on any atom is 0.328 e. The van der Waals surface area contributed by atoms with Gasteiger partial charge in [-0.1, -0.05) is 39.7 Å². The molecule has 3 aliphatic rings. The Bertz CT molecular complexity index is 1380. The Morgan fingerprint density at radius 2 is 1.95 bits per heavy atom. The molecule has 0 radical (unpaired) electrons. The largest absolute Gasteiger partial charge is 0.496 e. The first-order valence-electron chi connectivity index (χ1n) is 15.5. The van der Waals surface area contributed by atoms with Crippen molar-refractivity contribution in [3.05, 3.63) is 36.5 Å². The van der Waals surface area contributed by atoms with Gasteiger partial charge in [-0.15, -0.1) is 0 Å². The van der Waals surface area contributed by atoms with Crippen LogP contribution in [0.1, 0.15) is 77.7 Å². The van der Waals surface area contributed by atoms with Crippen LogP contribution in [0.15, 0.2) is 31.0 Å². The van der Waals surface area contributed by atoms with Gasteiger partial charge in [0.15, 0.2) is 0 Å². The van der Waals surface area contributed by atoms with Crippen LogP contribution in [0.2, 0.25) is 0 Å². The number of nitrogens with zero attached hydrogens (tertiary/aromatic N) is 2. The molecule has 2 aromatic rings. The standard InChI is InChI=1S/C34H44N2O7/c1-6-41-33(39)28-15-24-19-36(28)32(38)27(22-10-8-7-9-11-22)17-30(37)42-20-34(3,4)18-21(2)25-16-26-23(14-29(25)40-5)12-13-35-31(26)43-24/h12-14,16,22,24,27-28H,2,6-11,15,17-20H2,1,3-5H3/t24-,27+,28+/m1/s1. The zero-order chi connectivity index (χ0) is 30.7. The molecule has 1 saturated heterocycles. The van der Waals surface area contributed by atoms with Gasteiger partial charge in [0.1, 0.15) is 17.9 Å². The minimum Gasteiger partial charge on any atom is -0.496 e. The molecule has 5 rings (SSSR count). The summed E-state index contributed by atoms with van der Waals surface area (Å²) in [5.74, 6) is -0.492. The van der Waals surface area contributed by atoms with E-state index in [9.17, 15) is 14.4 Å². The van der Waals surface area contributed by atoms with Gasteiger partial charge in [0.05, 0.1) is 39.2 Å². The van der Waals surface area contributed by atoms with Gasteiger partial charge in [0.25, 0.3) is 0 Å². The van der Waals surface area contributed by atoms with E-state index in [0.717, 1.165) is 54.0 Å². The van der Waals surface area contributed by atoms with Crippen molar-refractivity contribution in [3.8, 4) is 11.6 Å². The molecule has 3 atom stereocenters. The SMILES string of the molecule is C=C1CC(C)(C)COC(=O)C[C@@H](C2CCCCC2)C(=O)N2C[C@@H](C[C@H]2C(=O)OCC)Oc2nccc3cc(OC)c1cc23. The number of amides is 1. The molecule has 0 unspecified atom stereocenters. The van der Waals surface area contributed by atoms with Crippen LogP contribution in [-0.4, -0.2) is 66.7 Å². The van der Waals surface area contributed by atoms with E-state index in [1.807, 2.05) is 32.0 Å². The highest BCUT2D eigenvalue weighted by Gasteiger charge is 2.46. The van der Waals surface area contributed by atoms with Crippen molar-refractivity contribution in [1.29, 1.82) is 0 Å². The summed E-state index contributed by atoms with van der Waals surface area (Å²) in [4.78, 5) is 46.9. The van der Waals surface area contributed by atoms with Crippen LogP contribution in [0.4, 0.5) is 0 Å². The van der Waals surface area contributed by atoms with E-state index in [4.69, 9.17) is 18.9 Å². The van der Waals surface area contributed by atoms with Gasteiger partial charge < -0.3 is 23.8 Å². The molecule has 1 aromatic heterocycles. The number of cyclic esters (lactones) is 1. The average Bonchev–Trinajstić information content (AvgIpc) is 3.42. The Morgan fingerprint density at radius 3 is 2.67 bits per heavy atom. The Kier molecular flexibility index (Phi) is 9.28. The molecule has 4 bridgehead atoms.